The predicted octanol–water partition coefficient (Wildman–Crippen LogP) is -3.69. The number of rotatable bonds is 22. The fraction of sp³-hybridized carbons (Fsp3) is 0.698. The number of ether oxygens (including phenoxy) is 1. The Bertz CT molecular complexity index is 1700. The number of carbonyl (C=O) groups is 6. The van der Waals surface area contributed by atoms with Gasteiger partial charge in [-0.1, -0.05) is 18.6 Å². The van der Waals surface area contributed by atoms with Crippen LogP contribution in [0.25, 0.3) is 0 Å². The molecule has 3 saturated heterocycles. The zero-order chi connectivity index (χ0) is 51.9. The largest absolute Gasteiger partial charge is 0.480 e. The maximum Gasteiger partial charge on any atom is 0.373 e. The number of β-amino-alcohol motifs (C(OH)–C–C–N with tert-alkyl or cyclic N) is 2. The number of aliphatic carboxylic acids is 1. The lowest BCUT2D eigenvalue weighted by Gasteiger charge is -2.37. The van der Waals surface area contributed by atoms with E-state index in [1.165, 1.54) is 4.90 Å². The van der Waals surface area contributed by atoms with Gasteiger partial charge in [0.15, 0.2) is 12.6 Å². The van der Waals surface area contributed by atoms with Gasteiger partial charge in [-0.05, 0) is 44.0 Å². The number of aliphatic hydroxyl groups excluding tert-OH is 4. The molecule has 5 unspecified atom stereocenters. The molecule has 4 amide bonds. The third-order valence-corrected chi connectivity index (χ3v) is 12.9. The Hall–Kier alpha value is -4.67. The fourth-order valence-electron chi connectivity index (χ4n) is 7.67. The quantitative estimate of drug-likeness (QED) is 0.0231. The van der Waals surface area contributed by atoms with Crippen LogP contribution in [0.15, 0.2) is 24.3 Å². The Morgan fingerprint density at radius 3 is 2.19 bits per heavy atom. The molecular weight excluding hydrogens is 931 g/mol. The van der Waals surface area contributed by atoms with E-state index in [9.17, 15) is 54.6 Å². The summed E-state index contributed by atoms with van der Waals surface area (Å²) in [4.78, 5) is 94.6. The van der Waals surface area contributed by atoms with Crippen LogP contribution in [-0.2, 0) is 44.7 Å². The normalized spacial score (nSPS) is 20.6. The molecule has 11 N–H and O–H groups in total. The van der Waals surface area contributed by atoms with Gasteiger partial charge >= 0.3 is 24.1 Å². The van der Waals surface area contributed by atoms with Gasteiger partial charge in [0.1, 0.15) is 13.4 Å². The van der Waals surface area contributed by atoms with Gasteiger partial charge in [0.25, 0.3) is 0 Å². The number of anilines is 1. The molecule has 0 saturated carbocycles. The monoisotopic (exact) mass is 1000 g/mol. The number of carboxylic acid groups (broad SMARTS) is 1. The lowest BCUT2D eigenvalue weighted by Crippen LogP contribution is -2.52. The van der Waals surface area contributed by atoms with E-state index in [4.69, 9.17) is 24.2 Å². The molecule has 25 nitrogen and oxygen atoms in total. The summed E-state index contributed by atoms with van der Waals surface area (Å²) in [6, 6.07) is 5.80. The molecule has 69 heavy (non-hydrogen) atoms. The Morgan fingerprint density at radius 2 is 1.58 bits per heavy atom. The van der Waals surface area contributed by atoms with E-state index in [2.05, 4.69) is 26.2 Å². The van der Waals surface area contributed by atoms with E-state index >= 15 is 0 Å². The van der Waals surface area contributed by atoms with Crippen LogP contribution in [0.4, 0.5) is 10.5 Å². The van der Waals surface area contributed by atoms with E-state index in [1.54, 1.807) is 19.2 Å². The minimum absolute atomic E-state index is 0.0168. The molecule has 4 rings (SSSR count). The number of unbranched alkanes of at least 4 members (excludes halogenated alkanes) is 1. The Labute approximate surface area is 406 Å². The Balaban J connectivity index is 0.00000322. The number of nitrogens with zero attached hydrogens (tertiary/aromatic N) is 5. The average molecular weight is 1000 g/mol. The summed E-state index contributed by atoms with van der Waals surface area (Å²) in [5.74, 6) is -1.39. The van der Waals surface area contributed by atoms with Crippen LogP contribution in [-0.4, -0.2) is 251 Å². The summed E-state index contributed by atoms with van der Waals surface area (Å²) < 4.78 is 5.21. The number of hydrogen-bond acceptors (Lipinski definition) is 21. The van der Waals surface area contributed by atoms with E-state index in [-0.39, 0.29) is 75.5 Å². The lowest BCUT2D eigenvalue weighted by atomic mass is 10.0. The summed E-state index contributed by atoms with van der Waals surface area (Å²) in [5, 5.41) is 77.8. The average Bonchev–Trinajstić information content (AvgIpc) is 3.88. The standard InChI is InChI=1S/C40H67N9O12S.CO2.CH4O.CH2O/c1-45-13-15-47(21-35(53)54)17-18-49(26-50)29(20-48(16-14-45)22-36(55)56)19-27-7-9-28(10-8-27)42-33(51)11-12-37(57)61-23-30(39(58)59)41-25-46(2)34(52)6-4-3-5-32-38-31(24-62-32)43-40(60)44-38;2-1-3;2*1-2/h7-10,29-32,35,38-39,41,50,53-54,58-59H,3-6,11-26H2,1-2H3,(H,42,51)(H,55,56)(H2,43,44,60);;2H,1H3;1H2. The number of carbonyl (C=O) groups excluding carboxylic acids is 7. The first kappa shape index (κ1) is 62.3. The number of esters is 1. The smallest absolute Gasteiger partial charge is 0.373 e. The highest BCUT2D eigenvalue weighted by Gasteiger charge is 2.42. The molecule has 0 bridgehead atoms. The van der Waals surface area contributed by atoms with Crippen LogP contribution in [0, 0.1) is 0 Å². The van der Waals surface area contributed by atoms with Gasteiger partial charge in [0.2, 0.25) is 11.8 Å². The number of fused-ring (bicyclic) bond motifs is 1. The van der Waals surface area contributed by atoms with Crippen molar-refractivity contribution in [3.05, 3.63) is 29.8 Å². The van der Waals surface area contributed by atoms with Crippen LogP contribution >= 0.6 is 11.8 Å². The van der Waals surface area contributed by atoms with Gasteiger partial charge in [0, 0.05) is 102 Å². The Morgan fingerprint density at radius 1 is 0.942 bits per heavy atom. The molecule has 3 aliphatic rings. The van der Waals surface area contributed by atoms with Gasteiger partial charge in [-0.15, -0.1) is 0 Å². The van der Waals surface area contributed by atoms with E-state index in [0.717, 1.165) is 31.3 Å². The lowest BCUT2D eigenvalue weighted by molar-refractivity contribution is -0.191. The van der Waals surface area contributed by atoms with Gasteiger partial charge in [-0.2, -0.15) is 21.4 Å². The maximum absolute atomic E-state index is 12.7. The molecule has 0 radical (unpaired) electrons. The highest BCUT2D eigenvalue weighted by molar-refractivity contribution is 8.00. The van der Waals surface area contributed by atoms with Crippen molar-refractivity contribution in [1.29, 1.82) is 0 Å². The molecule has 1 aromatic rings. The first-order valence-electron chi connectivity index (χ1n) is 22.4. The second kappa shape index (κ2) is 35.4. The molecule has 0 aliphatic carbocycles. The van der Waals surface area contributed by atoms with Gasteiger partial charge in [0.05, 0.1) is 44.5 Å². The highest BCUT2D eigenvalue weighted by atomic mass is 32.2. The number of aliphatic hydroxyl groups is 6. The van der Waals surface area contributed by atoms with E-state index in [1.807, 2.05) is 52.4 Å². The summed E-state index contributed by atoms with van der Waals surface area (Å²) >= 11 is 1.82. The number of benzene rings is 1. The second-order valence-corrected chi connectivity index (χ2v) is 17.7. The van der Waals surface area contributed by atoms with Crippen LogP contribution in [0.2, 0.25) is 0 Å². The third kappa shape index (κ3) is 25.1. The van der Waals surface area contributed by atoms with Crippen molar-refractivity contribution in [2.75, 3.05) is 111 Å². The van der Waals surface area contributed by atoms with Crippen molar-refractivity contribution in [3.63, 3.8) is 0 Å². The summed E-state index contributed by atoms with van der Waals surface area (Å²) in [6.07, 6.45) is -0.483. The number of urea groups is 1. The van der Waals surface area contributed by atoms with Crippen LogP contribution < -0.4 is 21.3 Å². The molecule has 0 spiro atoms. The SMILES string of the molecule is C=O.CN1CCN(CC(O)O)CCN(CO)C(Cc2ccc(NC(=O)CCC(=O)OCC(NCN(C)C(=O)CCCCC3SCC4NC(=O)NC43)C(O)O)cc2)CN(CC(=O)O)CC1.CO.O=C=O. The van der Waals surface area contributed by atoms with Crippen molar-refractivity contribution < 1.29 is 78.8 Å². The van der Waals surface area contributed by atoms with Crippen molar-refractivity contribution >= 4 is 60.2 Å². The molecule has 26 heteroatoms. The van der Waals surface area contributed by atoms with E-state index in [0.29, 0.717) is 76.0 Å². The fourth-order valence-corrected chi connectivity index (χ4v) is 9.22. The Kier molecular flexibility index (Phi) is 32.0. The van der Waals surface area contributed by atoms with Crippen molar-refractivity contribution in [1.82, 2.24) is 40.4 Å². The zero-order valence-corrected chi connectivity index (χ0v) is 40.5. The zero-order valence-electron chi connectivity index (χ0n) is 39.6. The number of likely N-dealkylation sites (N-methyl/N-ethyl adjacent to an activating group) is 1. The number of thioether (sulfide) groups is 1. The molecule has 0 aromatic heterocycles. The van der Waals surface area contributed by atoms with Gasteiger partial charge in [-0.25, -0.2) is 4.79 Å². The molecular formula is C43H73N9O16S. The minimum atomic E-state index is -1.89. The first-order chi connectivity index (χ1) is 33.0. The highest BCUT2D eigenvalue weighted by Crippen LogP contribution is 2.33. The van der Waals surface area contributed by atoms with Gasteiger partial charge < -0.3 is 71.0 Å². The molecule has 3 heterocycles. The first-order valence-corrected chi connectivity index (χ1v) is 23.4. The summed E-state index contributed by atoms with van der Waals surface area (Å²) in [5.41, 5.74) is 1.35. The van der Waals surface area contributed by atoms with Crippen LogP contribution in [0.3, 0.4) is 0 Å². The number of nitrogens with one attached hydrogen (secondary N) is 4. The van der Waals surface area contributed by atoms with Gasteiger partial charge in [-0.3, -0.25) is 39.2 Å². The topological polar surface area (TPSA) is 352 Å². The van der Waals surface area contributed by atoms with Crippen molar-refractivity contribution in [2.24, 2.45) is 0 Å². The van der Waals surface area contributed by atoms with E-state index < -0.39 is 43.1 Å². The minimum Gasteiger partial charge on any atom is -0.480 e. The number of amides is 4. The molecule has 1 aromatic carbocycles. The molecule has 3 fully saturated rings. The van der Waals surface area contributed by atoms with Crippen molar-refractivity contribution in [3.8, 4) is 0 Å². The molecule has 5 atom stereocenters. The molecule has 3 aliphatic heterocycles. The molecule has 392 valence electrons. The second-order valence-electron chi connectivity index (χ2n) is 16.4. The third-order valence-electron chi connectivity index (χ3n) is 11.4. The van der Waals surface area contributed by atoms with Crippen LogP contribution in [0.5, 0.6) is 0 Å². The maximum atomic E-state index is 12.7. The number of carboxylic acids is 1. The summed E-state index contributed by atoms with van der Waals surface area (Å²) in [6.45, 7) is 4.65. The number of hydrogen-bond donors (Lipinski definition) is 11. The van der Waals surface area contributed by atoms with Crippen molar-refractivity contribution in [2.45, 2.75) is 86.9 Å². The van der Waals surface area contributed by atoms with Crippen LogP contribution in [0.1, 0.15) is 44.1 Å². The summed E-state index contributed by atoms with van der Waals surface area (Å²) in [7, 11) is 4.51. The predicted molar refractivity (Wildman–Crippen MR) is 250 cm³/mol.